The van der Waals surface area contributed by atoms with Gasteiger partial charge in [0.1, 0.15) is 6.10 Å². The van der Waals surface area contributed by atoms with Gasteiger partial charge in [-0.2, -0.15) is 0 Å². The fourth-order valence-corrected chi connectivity index (χ4v) is 5.29. The van der Waals surface area contributed by atoms with Crippen molar-refractivity contribution in [1.29, 1.82) is 0 Å². The molecular weight excluding hydrogens is 484 g/mol. The third kappa shape index (κ3) is 4.43. The molecule has 4 atom stereocenters. The van der Waals surface area contributed by atoms with Gasteiger partial charge in [-0.05, 0) is 49.5 Å². The van der Waals surface area contributed by atoms with Crippen LogP contribution in [0.25, 0.3) is 0 Å². The van der Waals surface area contributed by atoms with E-state index in [1.165, 1.54) is 14.2 Å². The molecule has 2 aromatic carbocycles. The van der Waals surface area contributed by atoms with E-state index >= 15 is 0 Å². The van der Waals surface area contributed by atoms with Crippen molar-refractivity contribution in [2.75, 3.05) is 54.8 Å². The molecule has 1 saturated heterocycles. The summed E-state index contributed by atoms with van der Waals surface area (Å²) in [6.07, 6.45) is -1.34. The number of esters is 1. The largest absolute Gasteiger partial charge is 0.502 e. The Hall–Kier alpha value is -3.86. The number of nitrogens with one attached hydrogen (secondary N) is 1. The molecule has 11 heteroatoms. The normalized spacial score (nSPS) is 23.2. The highest BCUT2D eigenvalue weighted by Crippen LogP contribution is 2.56. The molecular formula is C26H30N2O9. The number of carbonyl (C=O) groups is 2. The summed E-state index contributed by atoms with van der Waals surface area (Å²) in [6, 6.07) is 6.97. The van der Waals surface area contributed by atoms with Gasteiger partial charge in [0.15, 0.2) is 23.0 Å². The number of nitrogens with zero attached hydrogens (tertiary/aromatic N) is 1. The summed E-state index contributed by atoms with van der Waals surface area (Å²) in [4.78, 5) is 27.9. The van der Waals surface area contributed by atoms with E-state index in [4.69, 9.17) is 28.4 Å². The van der Waals surface area contributed by atoms with Crippen LogP contribution in [0.2, 0.25) is 0 Å². The number of ether oxygens (including phenoxy) is 6. The maximum Gasteiger partial charge on any atom is 0.407 e. The Bertz CT molecular complexity index is 1190. The van der Waals surface area contributed by atoms with Crippen molar-refractivity contribution in [3.63, 3.8) is 0 Å². The number of hydrogen-bond donors (Lipinski definition) is 2. The third-order valence-corrected chi connectivity index (χ3v) is 7.04. The van der Waals surface area contributed by atoms with Crippen molar-refractivity contribution >= 4 is 12.1 Å². The lowest BCUT2D eigenvalue weighted by Gasteiger charge is -2.38. The van der Waals surface area contributed by atoms with Crippen LogP contribution in [-0.2, 0) is 14.3 Å². The molecule has 0 aromatic heterocycles. The number of phenols is 1. The number of phenolic OH excluding ortho intramolecular Hbond substituents is 1. The second-order valence-electron chi connectivity index (χ2n) is 9.46. The summed E-state index contributed by atoms with van der Waals surface area (Å²) >= 11 is 0. The van der Waals surface area contributed by atoms with Gasteiger partial charge >= 0.3 is 12.1 Å². The summed E-state index contributed by atoms with van der Waals surface area (Å²) in [6.45, 7) is 1.21. The molecule has 198 valence electrons. The minimum atomic E-state index is -0.752. The number of cyclic esters (lactones) is 1. The van der Waals surface area contributed by atoms with Gasteiger partial charge in [-0.3, -0.25) is 4.79 Å². The van der Waals surface area contributed by atoms with Crippen LogP contribution in [0.5, 0.6) is 28.7 Å². The summed E-state index contributed by atoms with van der Waals surface area (Å²) < 4.78 is 33.4. The third-order valence-electron chi connectivity index (χ3n) is 7.04. The molecule has 2 heterocycles. The molecule has 0 saturated carbocycles. The fourth-order valence-electron chi connectivity index (χ4n) is 5.29. The van der Waals surface area contributed by atoms with Crippen LogP contribution < -0.4 is 24.3 Å². The molecule has 2 aromatic rings. The van der Waals surface area contributed by atoms with Crippen LogP contribution in [0.15, 0.2) is 24.3 Å². The van der Waals surface area contributed by atoms with E-state index in [-0.39, 0.29) is 30.6 Å². The molecule has 0 radical (unpaired) electrons. The number of alkyl carbamates (subject to hydrolysis) is 1. The van der Waals surface area contributed by atoms with E-state index < -0.39 is 35.9 Å². The monoisotopic (exact) mass is 514 g/mol. The highest BCUT2D eigenvalue weighted by molar-refractivity contribution is 5.79. The maximum absolute atomic E-state index is 13.1. The van der Waals surface area contributed by atoms with E-state index in [2.05, 4.69) is 5.32 Å². The highest BCUT2D eigenvalue weighted by Gasteiger charge is 2.54. The maximum atomic E-state index is 13.1. The number of likely N-dealkylation sites (N-methyl/N-ethyl adjacent to an activating group) is 1. The summed E-state index contributed by atoms with van der Waals surface area (Å²) in [5.74, 6) is -0.685. The van der Waals surface area contributed by atoms with Crippen LogP contribution in [0.4, 0.5) is 4.79 Å². The molecule has 1 fully saturated rings. The van der Waals surface area contributed by atoms with Gasteiger partial charge in [-0.1, -0.05) is 0 Å². The van der Waals surface area contributed by atoms with E-state index in [1.807, 2.05) is 25.1 Å². The molecule has 0 unspecified atom stereocenters. The number of aromatic hydroxyl groups is 1. The number of fused-ring (bicyclic) bond motifs is 3. The zero-order valence-electron chi connectivity index (χ0n) is 21.1. The van der Waals surface area contributed by atoms with E-state index in [9.17, 15) is 14.7 Å². The second-order valence-corrected chi connectivity index (χ2v) is 9.46. The summed E-state index contributed by atoms with van der Waals surface area (Å²) in [5, 5.41) is 13.2. The number of benzene rings is 2. The Balaban J connectivity index is 1.61. The molecule has 5 rings (SSSR count). The van der Waals surface area contributed by atoms with Gasteiger partial charge in [-0.25, -0.2) is 4.79 Å². The standard InChI is InChI=1S/C26H30N2O9/c1-28(2)6-5-27-26(31)37-24-15-10-18-17(35-12-36-18)9-14(15)21(22-16(24)11-34-25(22)30)13-7-19(32-3)23(29)20(8-13)33-4/h7-10,16,21-22,24,29H,5-6,11-12H2,1-4H3,(H,27,31)/t16-,21+,22-,24+/m0/s1. The Morgan fingerprint density at radius 2 is 1.70 bits per heavy atom. The van der Waals surface area contributed by atoms with Crippen molar-refractivity contribution in [3.8, 4) is 28.7 Å². The molecule has 1 aliphatic carbocycles. The SMILES string of the molecule is COc1cc([C@@H]2c3cc4c(cc3[C@@H](OC(=O)NCCN(C)C)[C@H]3COC(=O)[C@H]23)OCO4)cc(OC)c1O. The van der Waals surface area contributed by atoms with Gasteiger partial charge < -0.3 is 43.7 Å². The molecule has 1 amide bonds. The second kappa shape index (κ2) is 9.89. The zero-order chi connectivity index (χ0) is 26.3. The van der Waals surface area contributed by atoms with Gasteiger partial charge in [0.25, 0.3) is 0 Å². The first kappa shape index (κ1) is 24.8. The lowest BCUT2D eigenvalue weighted by Crippen LogP contribution is -2.39. The van der Waals surface area contributed by atoms with Gasteiger partial charge in [-0.15, -0.1) is 0 Å². The van der Waals surface area contributed by atoms with Crippen LogP contribution >= 0.6 is 0 Å². The number of hydrogen-bond acceptors (Lipinski definition) is 10. The van der Waals surface area contributed by atoms with Crippen molar-refractivity contribution in [1.82, 2.24) is 10.2 Å². The molecule has 11 nitrogen and oxygen atoms in total. The quantitative estimate of drug-likeness (QED) is 0.532. The fraction of sp³-hybridized carbons (Fsp3) is 0.462. The van der Waals surface area contributed by atoms with Crippen LogP contribution in [0.1, 0.15) is 28.7 Å². The average Bonchev–Trinajstić information content (AvgIpc) is 3.49. The number of rotatable bonds is 7. The zero-order valence-corrected chi connectivity index (χ0v) is 21.1. The lowest BCUT2D eigenvalue weighted by atomic mass is 9.66. The molecule has 2 N–H and O–H groups in total. The minimum Gasteiger partial charge on any atom is -0.502 e. The lowest BCUT2D eigenvalue weighted by molar-refractivity contribution is -0.141. The number of carbonyl (C=O) groups excluding carboxylic acids is 2. The highest BCUT2D eigenvalue weighted by atomic mass is 16.7. The topological polar surface area (TPSA) is 125 Å². The molecule has 37 heavy (non-hydrogen) atoms. The summed E-state index contributed by atoms with van der Waals surface area (Å²) in [7, 11) is 6.70. The Morgan fingerprint density at radius 1 is 1.05 bits per heavy atom. The average molecular weight is 515 g/mol. The van der Waals surface area contributed by atoms with Crippen LogP contribution in [0.3, 0.4) is 0 Å². The van der Waals surface area contributed by atoms with Crippen molar-refractivity contribution in [3.05, 3.63) is 41.0 Å². The Labute approximate surface area is 214 Å². The van der Waals surface area contributed by atoms with Gasteiger partial charge in [0.2, 0.25) is 12.5 Å². The van der Waals surface area contributed by atoms with E-state index in [0.29, 0.717) is 35.7 Å². The first-order chi connectivity index (χ1) is 17.8. The minimum absolute atomic E-state index is 0.0647. The molecule has 0 bridgehead atoms. The van der Waals surface area contributed by atoms with Crippen LogP contribution in [0, 0.1) is 11.8 Å². The van der Waals surface area contributed by atoms with E-state index in [1.54, 1.807) is 18.2 Å². The molecule has 2 aliphatic heterocycles. The van der Waals surface area contributed by atoms with Gasteiger partial charge in [0, 0.05) is 30.5 Å². The molecule has 3 aliphatic rings. The Morgan fingerprint density at radius 3 is 2.32 bits per heavy atom. The summed E-state index contributed by atoms with van der Waals surface area (Å²) in [5.41, 5.74) is 2.10. The predicted molar refractivity (Wildman–Crippen MR) is 129 cm³/mol. The van der Waals surface area contributed by atoms with Crippen molar-refractivity contribution in [2.45, 2.75) is 12.0 Å². The Kier molecular flexibility index (Phi) is 6.63. The van der Waals surface area contributed by atoms with Gasteiger partial charge in [0.05, 0.1) is 26.7 Å². The number of amides is 1. The predicted octanol–water partition coefficient (Wildman–Crippen LogP) is 2.40. The van der Waals surface area contributed by atoms with Crippen LogP contribution in [-0.4, -0.2) is 76.9 Å². The first-order valence-electron chi connectivity index (χ1n) is 12.0. The smallest absolute Gasteiger partial charge is 0.407 e. The van der Waals surface area contributed by atoms with Crippen molar-refractivity contribution < 1.29 is 43.1 Å². The van der Waals surface area contributed by atoms with E-state index in [0.717, 1.165) is 5.56 Å². The molecule has 0 spiro atoms. The van der Waals surface area contributed by atoms with Crippen molar-refractivity contribution in [2.24, 2.45) is 11.8 Å². The first-order valence-corrected chi connectivity index (χ1v) is 12.0. The number of methoxy groups -OCH3 is 2.